The maximum Gasteiger partial charge on any atom is 0.159 e. The molecule has 0 aliphatic rings. The lowest BCUT2D eigenvalue weighted by Gasteiger charge is -2.13. The molecule has 0 bridgehead atoms. The number of ketones is 1. The summed E-state index contributed by atoms with van der Waals surface area (Å²) in [7, 11) is 0. The van der Waals surface area contributed by atoms with E-state index in [1.165, 1.54) is 0 Å². The van der Waals surface area contributed by atoms with E-state index in [0.29, 0.717) is 24.5 Å². The highest BCUT2D eigenvalue weighted by Gasteiger charge is 2.09. The van der Waals surface area contributed by atoms with Crippen LogP contribution in [0.2, 0.25) is 0 Å². The molecule has 2 aromatic carbocycles. The lowest BCUT2D eigenvalue weighted by atomic mass is 10.1. The van der Waals surface area contributed by atoms with Crippen molar-refractivity contribution in [2.75, 3.05) is 6.61 Å². The van der Waals surface area contributed by atoms with Crippen LogP contribution in [0.1, 0.15) is 29.8 Å². The smallest absolute Gasteiger partial charge is 0.159 e. The number of hydrogen-bond donors (Lipinski definition) is 0. The Balaban J connectivity index is 1.80. The monoisotopic (exact) mass is 337 g/mol. The van der Waals surface area contributed by atoms with Crippen LogP contribution in [0, 0.1) is 0 Å². The molecule has 25 heavy (non-hydrogen) atoms. The van der Waals surface area contributed by atoms with Crippen molar-refractivity contribution in [3.05, 3.63) is 66.0 Å². The Kier molecular flexibility index (Phi) is 5.09. The predicted molar refractivity (Wildman–Crippen MR) is 93.3 cm³/mol. The van der Waals surface area contributed by atoms with Gasteiger partial charge in [0.15, 0.2) is 5.78 Å². The number of carbonyl (C=O) groups excluding carboxylic acids is 1. The summed E-state index contributed by atoms with van der Waals surface area (Å²) in [6, 6.07) is 13.0. The molecule has 1 aromatic heterocycles. The van der Waals surface area contributed by atoms with Crippen LogP contribution in [0.25, 0.3) is 5.69 Å². The second kappa shape index (κ2) is 7.61. The summed E-state index contributed by atoms with van der Waals surface area (Å²) < 4.78 is 13.2. The highest BCUT2D eigenvalue weighted by molar-refractivity contribution is 5.94. The van der Waals surface area contributed by atoms with Gasteiger partial charge < -0.3 is 9.47 Å². The minimum atomic E-state index is 0.0116. The molecule has 1 heterocycles. The first-order valence-electron chi connectivity index (χ1n) is 8.03. The summed E-state index contributed by atoms with van der Waals surface area (Å²) in [6.45, 7) is 4.32. The van der Waals surface area contributed by atoms with Gasteiger partial charge in [-0.15, -0.1) is 5.10 Å². The summed E-state index contributed by atoms with van der Waals surface area (Å²) in [6.07, 6.45) is 3.39. The van der Waals surface area contributed by atoms with E-state index in [2.05, 4.69) is 10.3 Å². The topological polar surface area (TPSA) is 66.2 Å². The highest BCUT2D eigenvalue weighted by atomic mass is 16.5. The van der Waals surface area contributed by atoms with Gasteiger partial charge in [-0.25, -0.2) is 4.68 Å². The van der Waals surface area contributed by atoms with Gasteiger partial charge in [0, 0.05) is 17.2 Å². The average Bonchev–Trinajstić information content (AvgIpc) is 3.16. The van der Waals surface area contributed by atoms with Crippen LogP contribution < -0.4 is 9.47 Å². The summed E-state index contributed by atoms with van der Waals surface area (Å²) >= 11 is 0. The van der Waals surface area contributed by atoms with Crippen molar-refractivity contribution in [2.24, 2.45) is 0 Å². The van der Waals surface area contributed by atoms with E-state index in [0.717, 1.165) is 17.0 Å². The molecule has 128 valence electrons. The third kappa shape index (κ3) is 4.03. The maximum absolute atomic E-state index is 11.6. The van der Waals surface area contributed by atoms with Gasteiger partial charge in [0.2, 0.25) is 0 Å². The van der Waals surface area contributed by atoms with Crippen molar-refractivity contribution < 1.29 is 14.3 Å². The van der Waals surface area contributed by atoms with Crippen molar-refractivity contribution in [3.8, 4) is 17.2 Å². The van der Waals surface area contributed by atoms with Gasteiger partial charge in [-0.05, 0) is 44.2 Å². The van der Waals surface area contributed by atoms with Crippen molar-refractivity contribution in [1.29, 1.82) is 0 Å². The number of benzene rings is 2. The van der Waals surface area contributed by atoms with Crippen molar-refractivity contribution in [2.45, 2.75) is 20.5 Å². The lowest BCUT2D eigenvalue weighted by molar-refractivity contribution is 0.101. The second-order valence-corrected chi connectivity index (χ2v) is 5.45. The summed E-state index contributed by atoms with van der Waals surface area (Å²) in [5.41, 5.74) is 2.33. The van der Waals surface area contributed by atoms with Crippen molar-refractivity contribution in [3.63, 3.8) is 0 Å². The molecule has 0 aliphatic heterocycles. The fraction of sp³-hybridized carbons (Fsp3) is 0.211. The van der Waals surface area contributed by atoms with Crippen molar-refractivity contribution in [1.82, 2.24) is 15.0 Å². The van der Waals surface area contributed by atoms with Gasteiger partial charge in [-0.1, -0.05) is 11.3 Å². The van der Waals surface area contributed by atoms with E-state index < -0.39 is 0 Å². The van der Waals surface area contributed by atoms with Gasteiger partial charge in [0.05, 0.1) is 24.7 Å². The van der Waals surface area contributed by atoms with Gasteiger partial charge in [-0.2, -0.15) is 0 Å². The molecule has 0 amide bonds. The fourth-order valence-electron chi connectivity index (χ4n) is 2.43. The quantitative estimate of drug-likeness (QED) is 0.618. The molecule has 0 unspecified atom stereocenters. The van der Waals surface area contributed by atoms with E-state index in [1.54, 1.807) is 30.1 Å². The average molecular weight is 337 g/mol. The Morgan fingerprint density at radius 2 is 2.04 bits per heavy atom. The van der Waals surface area contributed by atoms with Gasteiger partial charge >= 0.3 is 0 Å². The molecular formula is C19H19N3O3. The molecule has 0 atom stereocenters. The first-order chi connectivity index (χ1) is 12.2. The number of carbonyl (C=O) groups is 1. The minimum absolute atomic E-state index is 0.0116. The molecule has 0 fully saturated rings. The number of rotatable bonds is 7. The fourth-order valence-corrected chi connectivity index (χ4v) is 2.43. The first-order valence-corrected chi connectivity index (χ1v) is 8.03. The van der Waals surface area contributed by atoms with Crippen LogP contribution in [-0.2, 0) is 6.61 Å². The number of aromatic nitrogens is 3. The Labute approximate surface area is 146 Å². The SMILES string of the molecule is CCOc1ccc(C(C)=O)cc1COc1cccc(-n2ccnn2)c1. The summed E-state index contributed by atoms with van der Waals surface area (Å²) in [5.74, 6) is 1.43. The highest BCUT2D eigenvalue weighted by Crippen LogP contribution is 2.24. The summed E-state index contributed by atoms with van der Waals surface area (Å²) in [5, 5.41) is 7.77. The third-order valence-corrected chi connectivity index (χ3v) is 3.67. The number of nitrogens with zero attached hydrogens (tertiary/aromatic N) is 3. The molecule has 6 heteroatoms. The van der Waals surface area contributed by atoms with Crippen LogP contribution in [0.5, 0.6) is 11.5 Å². The van der Waals surface area contributed by atoms with E-state index in [-0.39, 0.29) is 5.78 Å². The van der Waals surface area contributed by atoms with E-state index in [4.69, 9.17) is 9.47 Å². The molecule has 0 radical (unpaired) electrons. The molecule has 0 saturated carbocycles. The van der Waals surface area contributed by atoms with Crippen LogP contribution in [0.4, 0.5) is 0 Å². The summed E-state index contributed by atoms with van der Waals surface area (Å²) in [4.78, 5) is 11.6. The second-order valence-electron chi connectivity index (χ2n) is 5.45. The zero-order chi connectivity index (χ0) is 17.6. The third-order valence-electron chi connectivity index (χ3n) is 3.67. The zero-order valence-corrected chi connectivity index (χ0v) is 14.2. The predicted octanol–water partition coefficient (Wildman–Crippen LogP) is 3.45. The minimum Gasteiger partial charge on any atom is -0.493 e. The molecule has 6 nitrogen and oxygen atoms in total. The van der Waals surface area contributed by atoms with Gasteiger partial charge in [-0.3, -0.25) is 4.79 Å². The van der Waals surface area contributed by atoms with Gasteiger partial charge in [0.1, 0.15) is 18.1 Å². The van der Waals surface area contributed by atoms with E-state index >= 15 is 0 Å². The van der Waals surface area contributed by atoms with Crippen LogP contribution >= 0.6 is 0 Å². The molecule has 0 N–H and O–H groups in total. The molecule has 3 rings (SSSR count). The normalized spacial score (nSPS) is 10.5. The Bertz CT molecular complexity index is 860. The number of hydrogen-bond acceptors (Lipinski definition) is 5. The molecule has 3 aromatic rings. The maximum atomic E-state index is 11.6. The van der Waals surface area contributed by atoms with E-state index in [9.17, 15) is 4.79 Å². The Morgan fingerprint density at radius 1 is 1.16 bits per heavy atom. The molecule has 0 spiro atoms. The lowest BCUT2D eigenvalue weighted by Crippen LogP contribution is -2.04. The largest absolute Gasteiger partial charge is 0.493 e. The van der Waals surface area contributed by atoms with Gasteiger partial charge in [0.25, 0.3) is 0 Å². The standard InChI is InChI=1S/C19H19N3O3/c1-3-24-19-8-7-15(14(2)23)11-16(19)13-25-18-6-4-5-17(12-18)22-10-9-20-21-22/h4-12H,3,13H2,1-2H3. The van der Waals surface area contributed by atoms with Crippen molar-refractivity contribution >= 4 is 5.78 Å². The number of ether oxygens (including phenoxy) is 2. The molecule has 0 aliphatic carbocycles. The zero-order valence-electron chi connectivity index (χ0n) is 14.2. The Hall–Kier alpha value is -3.15. The number of Topliss-reactive ketones (excluding diaryl/α,β-unsaturated/α-hetero) is 1. The van der Waals surface area contributed by atoms with Crippen LogP contribution in [0.15, 0.2) is 54.9 Å². The van der Waals surface area contributed by atoms with Crippen LogP contribution in [-0.4, -0.2) is 27.4 Å². The van der Waals surface area contributed by atoms with E-state index in [1.807, 2.05) is 43.3 Å². The van der Waals surface area contributed by atoms with Crippen LogP contribution in [0.3, 0.4) is 0 Å². The molecular weight excluding hydrogens is 318 g/mol. The first kappa shape index (κ1) is 16.7. The molecule has 0 saturated heterocycles. The Morgan fingerprint density at radius 3 is 2.76 bits per heavy atom.